The molecule has 0 fully saturated rings. The number of hydrogen-bond acceptors (Lipinski definition) is 3. The largest absolute Gasteiger partial charge is 1.00 e. The van der Waals surface area contributed by atoms with Crippen LogP contribution >= 0.6 is 27.3 Å². The van der Waals surface area contributed by atoms with Gasteiger partial charge in [-0.3, -0.25) is 4.79 Å². The van der Waals surface area contributed by atoms with E-state index in [4.69, 9.17) is 0 Å². The molecule has 0 atom stereocenters. The maximum Gasteiger partial charge on any atom is 1.00 e. The molecule has 74 valence electrons. The molecule has 0 saturated carbocycles. The van der Waals surface area contributed by atoms with Gasteiger partial charge < -0.3 is 6.92 Å². The van der Waals surface area contributed by atoms with Crippen LogP contribution in [0.5, 0.6) is 0 Å². The molecule has 1 heterocycles. The number of rotatable bonds is 3. The molecular formula is C9H13BrLiNOS. The van der Waals surface area contributed by atoms with Crippen molar-refractivity contribution in [2.45, 2.75) is 19.8 Å². The average molecular weight is 270 g/mol. The second kappa shape index (κ2) is 11.5. The van der Waals surface area contributed by atoms with E-state index in [9.17, 15) is 4.79 Å². The summed E-state index contributed by atoms with van der Waals surface area (Å²) in [4.78, 5) is 14.6. The third-order valence-corrected chi connectivity index (χ3v) is 2.47. The fraction of sp³-hybridized carbons (Fsp3) is 0.444. The molecule has 2 nitrogen and oxygen atoms in total. The zero-order chi connectivity index (χ0) is 10.1. The Labute approximate surface area is 110 Å². The molecular weight excluding hydrogens is 257 g/mol. The van der Waals surface area contributed by atoms with Gasteiger partial charge in [0.15, 0.2) is 5.01 Å². The number of thiazole rings is 1. The summed E-state index contributed by atoms with van der Waals surface area (Å²) in [6.07, 6.45) is 3.90. The molecule has 5 heteroatoms. The Morgan fingerprint density at radius 1 is 1.71 bits per heavy atom. The zero-order valence-corrected chi connectivity index (χ0v) is 11.0. The van der Waals surface area contributed by atoms with Crippen molar-refractivity contribution in [2.75, 3.05) is 5.33 Å². The van der Waals surface area contributed by atoms with Crippen molar-refractivity contribution < 1.29 is 23.7 Å². The van der Waals surface area contributed by atoms with Gasteiger partial charge >= 0.3 is 18.9 Å². The molecule has 0 bridgehead atoms. The molecule has 1 aromatic rings. The number of Topliss-reactive ketones (excluding diaryl/α,β-unsaturated/α-hetero) is 1. The fourth-order valence-corrected chi connectivity index (χ4v) is 1.45. The Morgan fingerprint density at radius 3 is 2.57 bits per heavy atom. The molecule has 1 aromatic heterocycles. The van der Waals surface area contributed by atoms with Gasteiger partial charge in [-0.25, -0.2) is 4.98 Å². The van der Waals surface area contributed by atoms with E-state index in [1.165, 1.54) is 17.8 Å². The molecule has 0 aliphatic heterocycles. The topological polar surface area (TPSA) is 30.0 Å². The van der Waals surface area contributed by atoms with E-state index in [1.807, 2.05) is 0 Å². The first kappa shape index (κ1) is 16.8. The van der Waals surface area contributed by atoms with E-state index >= 15 is 0 Å². The Bertz CT molecular complexity index is 227. The van der Waals surface area contributed by atoms with Gasteiger partial charge in [-0.05, 0) is 0 Å². The maximum atomic E-state index is 10.8. The predicted octanol–water partition coefficient (Wildman–Crippen LogP) is 0.345. The molecule has 0 amide bonds. The summed E-state index contributed by atoms with van der Waals surface area (Å²) in [6.45, 7) is 5.72. The molecule has 0 aliphatic rings. The predicted molar refractivity (Wildman–Crippen MR) is 60.5 cm³/mol. The van der Waals surface area contributed by atoms with E-state index in [1.54, 1.807) is 11.6 Å². The van der Waals surface area contributed by atoms with E-state index < -0.39 is 0 Å². The number of nitrogens with zero attached hydrogens (tertiary/aromatic N) is 1. The molecule has 0 saturated heterocycles. The number of halogens is 1. The van der Waals surface area contributed by atoms with Crippen LogP contribution in [0, 0.1) is 6.92 Å². The average Bonchev–Trinajstić information content (AvgIpc) is 2.70. The minimum absolute atomic E-state index is 0. The van der Waals surface area contributed by atoms with Crippen LogP contribution in [0.2, 0.25) is 0 Å². The number of carbonyl (C=O) groups excluding carboxylic acids is 1. The normalized spacial score (nSPS) is 8.21. The number of hydrogen-bond donors (Lipinski definition) is 0. The van der Waals surface area contributed by atoms with Crippen molar-refractivity contribution in [3.8, 4) is 0 Å². The van der Waals surface area contributed by atoms with E-state index in [0.717, 1.165) is 6.42 Å². The summed E-state index contributed by atoms with van der Waals surface area (Å²) in [5.41, 5.74) is 0. The summed E-state index contributed by atoms with van der Waals surface area (Å²) in [6, 6.07) is 0. The zero-order valence-electron chi connectivity index (χ0n) is 8.62. The summed E-state index contributed by atoms with van der Waals surface area (Å²) >= 11 is 4.42. The van der Waals surface area contributed by atoms with Crippen LogP contribution in [-0.2, 0) is 0 Å². The molecule has 0 radical (unpaired) electrons. The van der Waals surface area contributed by atoms with Crippen LogP contribution in [0.4, 0.5) is 0 Å². The van der Waals surface area contributed by atoms with Gasteiger partial charge in [0.1, 0.15) is 0 Å². The van der Waals surface area contributed by atoms with Crippen molar-refractivity contribution in [2.24, 2.45) is 0 Å². The van der Waals surface area contributed by atoms with Gasteiger partial charge in [-0.15, -0.1) is 11.3 Å². The first-order valence-electron chi connectivity index (χ1n) is 4.04. The quantitative estimate of drug-likeness (QED) is 0.343. The number of carbonyl (C=O) groups is 1. The van der Waals surface area contributed by atoms with Crippen LogP contribution in [0.1, 0.15) is 29.6 Å². The first-order valence-corrected chi connectivity index (χ1v) is 6.04. The SMILES string of the molecule is O=C(CBr)c1nccs1.[CH2-]CCC.[Li+]. The molecule has 0 aliphatic carbocycles. The van der Waals surface area contributed by atoms with Crippen LogP contribution in [0.15, 0.2) is 11.6 Å². The standard InChI is InChI=1S/C5H4BrNOS.C4H9.Li/c6-3-4(8)5-7-1-2-9-5;1-3-4-2;/h1-2H,3H2;1,3-4H2,2H3;/q;-1;+1. The number of aromatic nitrogens is 1. The van der Waals surface area contributed by atoms with Crippen LogP contribution in [-0.4, -0.2) is 16.1 Å². The van der Waals surface area contributed by atoms with E-state index in [0.29, 0.717) is 10.3 Å². The minimum atomic E-state index is 0. The van der Waals surface area contributed by atoms with Crippen molar-refractivity contribution >= 4 is 33.0 Å². The summed E-state index contributed by atoms with van der Waals surface area (Å²) in [5.74, 6) is 0.0463. The van der Waals surface area contributed by atoms with Gasteiger partial charge in [0.25, 0.3) is 0 Å². The van der Waals surface area contributed by atoms with Gasteiger partial charge in [-0.1, -0.05) is 29.3 Å². The van der Waals surface area contributed by atoms with Crippen LogP contribution < -0.4 is 18.9 Å². The Kier molecular flexibility index (Phi) is 13.7. The Hall–Kier alpha value is 0.377. The van der Waals surface area contributed by atoms with E-state index in [-0.39, 0.29) is 24.6 Å². The number of unbranched alkanes of at least 4 members (excludes halogenated alkanes) is 1. The minimum Gasteiger partial charge on any atom is -0.343 e. The van der Waals surface area contributed by atoms with Crippen molar-refractivity contribution in [3.05, 3.63) is 23.5 Å². The number of alkyl halides is 1. The fourth-order valence-electron chi connectivity index (χ4n) is 0.418. The maximum absolute atomic E-state index is 10.8. The smallest absolute Gasteiger partial charge is 0.343 e. The molecule has 0 N–H and O–H groups in total. The van der Waals surface area contributed by atoms with Gasteiger partial charge in [0, 0.05) is 11.6 Å². The monoisotopic (exact) mass is 269 g/mol. The second-order valence-electron chi connectivity index (χ2n) is 2.25. The Balaban J connectivity index is 0. The molecule has 14 heavy (non-hydrogen) atoms. The van der Waals surface area contributed by atoms with Gasteiger partial charge in [0.05, 0.1) is 5.33 Å². The molecule has 1 rings (SSSR count). The third-order valence-electron chi connectivity index (χ3n) is 1.15. The Morgan fingerprint density at radius 2 is 2.29 bits per heavy atom. The van der Waals surface area contributed by atoms with Crippen LogP contribution in [0.3, 0.4) is 0 Å². The van der Waals surface area contributed by atoms with Gasteiger partial charge in [0.2, 0.25) is 5.78 Å². The summed E-state index contributed by atoms with van der Waals surface area (Å²) in [5, 5.41) is 2.73. The summed E-state index contributed by atoms with van der Waals surface area (Å²) < 4.78 is 0. The molecule has 0 spiro atoms. The second-order valence-corrected chi connectivity index (χ2v) is 3.70. The summed E-state index contributed by atoms with van der Waals surface area (Å²) in [7, 11) is 0. The van der Waals surface area contributed by atoms with E-state index in [2.05, 4.69) is 34.8 Å². The third kappa shape index (κ3) is 7.75. The van der Waals surface area contributed by atoms with Crippen LogP contribution in [0.25, 0.3) is 0 Å². The van der Waals surface area contributed by atoms with Crippen molar-refractivity contribution in [1.29, 1.82) is 0 Å². The van der Waals surface area contributed by atoms with Crippen molar-refractivity contribution in [1.82, 2.24) is 4.98 Å². The number of ketones is 1. The van der Waals surface area contributed by atoms with Gasteiger partial charge in [-0.2, -0.15) is 6.42 Å². The van der Waals surface area contributed by atoms with Crippen molar-refractivity contribution in [3.63, 3.8) is 0 Å². The molecule has 0 unspecified atom stereocenters. The first-order chi connectivity index (χ1) is 6.26. The molecule has 0 aromatic carbocycles.